The molecule has 2 N–H and O–H groups in total. The third kappa shape index (κ3) is 6.84. The Bertz CT molecular complexity index is 703. The van der Waals surface area contributed by atoms with Crippen LogP contribution in [0.1, 0.15) is 30.2 Å². The highest BCUT2D eigenvalue weighted by Crippen LogP contribution is 2.20. The third-order valence-electron chi connectivity index (χ3n) is 4.70. The monoisotopic (exact) mass is 483 g/mol. The SMILES string of the molecule is COCC(C)NC(=NCCc1ccco1)NC1CCc2ccccc2C1.I. The number of methoxy groups -OCH3 is 1. The highest BCUT2D eigenvalue weighted by molar-refractivity contribution is 14.0. The maximum absolute atomic E-state index is 5.39. The lowest BCUT2D eigenvalue weighted by atomic mass is 9.88. The minimum absolute atomic E-state index is 0. The molecule has 0 aliphatic heterocycles. The standard InChI is InChI=1S/C21H29N3O2.HI/c1-16(15-25-2)23-21(22-12-11-20-8-5-13-26-20)24-19-10-9-17-6-3-4-7-18(17)14-19;/h3-8,13,16,19H,9-12,14-15H2,1-2H3,(H2,22,23,24);1H. The van der Waals surface area contributed by atoms with Crippen molar-refractivity contribution in [3.05, 3.63) is 59.5 Å². The van der Waals surface area contributed by atoms with E-state index >= 15 is 0 Å². The van der Waals surface area contributed by atoms with Crippen molar-refractivity contribution in [2.45, 2.75) is 44.7 Å². The first-order chi connectivity index (χ1) is 12.7. The summed E-state index contributed by atoms with van der Waals surface area (Å²) >= 11 is 0. The number of nitrogens with zero attached hydrogens (tertiary/aromatic N) is 1. The van der Waals surface area contributed by atoms with Gasteiger partial charge < -0.3 is 19.8 Å². The fourth-order valence-electron chi connectivity index (χ4n) is 3.41. The van der Waals surface area contributed by atoms with Gasteiger partial charge in [-0.15, -0.1) is 24.0 Å². The zero-order valence-electron chi connectivity index (χ0n) is 16.1. The van der Waals surface area contributed by atoms with Crippen molar-refractivity contribution in [2.24, 2.45) is 4.99 Å². The second-order valence-corrected chi connectivity index (χ2v) is 6.91. The molecule has 0 saturated heterocycles. The second kappa shape index (κ2) is 11.3. The Balaban J connectivity index is 0.00000261. The largest absolute Gasteiger partial charge is 0.469 e. The van der Waals surface area contributed by atoms with Gasteiger partial charge in [0.1, 0.15) is 5.76 Å². The summed E-state index contributed by atoms with van der Waals surface area (Å²) in [5.74, 6) is 1.81. The Hall–Kier alpha value is -1.54. The summed E-state index contributed by atoms with van der Waals surface area (Å²) in [5, 5.41) is 7.07. The maximum atomic E-state index is 5.39. The van der Waals surface area contributed by atoms with Crippen molar-refractivity contribution < 1.29 is 9.15 Å². The van der Waals surface area contributed by atoms with E-state index in [9.17, 15) is 0 Å². The molecule has 148 valence electrons. The first-order valence-corrected chi connectivity index (χ1v) is 9.40. The predicted octanol–water partition coefficient (Wildman–Crippen LogP) is 3.57. The summed E-state index contributed by atoms with van der Waals surface area (Å²) in [6.07, 6.45) is 5.77. The lowest BCUT2D eigenvalue weighted by Gasteiger charge is -2.28. The molecule has 1 aliphatic carbocycles. The molecule has 0 fully saturated rings. The zero-order valence-corrected chi connectivity index (χ0v) is 18.4. The van der Waals surface area contributed by atoms with E-state index in [4.69, 9.17) is 14.1 Å². The molecule has 0 amide bonds. The normalized spacial score (nSPS) is 17.6. The van der Waals surface area contributed by atoms with Crippen LogP contribution in [0.3, 0.4) is 0 Å². The van der Waals surface area contributed by atoms with Crippen LogP contribution < -0.4 is 10.6 Å². The second-order valence-electron chi connectivity index (χ2n) is 6.91. The Morgan fingerprint density at radius 1 is 1.26 bits per heavy atom. The number of guanidine groups is 1. The topological polar surface area (TPSA) is 58.8 Å². The van der Waals surface area contributed by atoms with Crippen LogP contribution in [0.5, 0.6) is 0 Å². The summed E-state index contributed by atoms with van der Waals surface area (Å²) in [6, 6.07) is 13.2. The molecular weight excluding hydrogens is 453 g/mol. The van der Waals surface area contributed by atoms with E-state index in [1.807, 2.05) is 12.1 Å². The summed E-state index contributed by atoms with van der Waals surface area (Å²) in [7, 11) is 1.72. The smallest absolute Gasteiger partial charge is 0.191 e. The van der Waals surface area contributed by atoms with Crippen LogP contribution in [0.2, 0.25) is 0 Å². The fraction of sp³-hybridized carbons (Fsp3) is 0.476. The van der Waals surface area contributed by atoms with E-state index in [-0.39, 0.29) is 30.0 Å². The van der Waals surface area contributed by atoms with Crippen LogP contribution in [0.25, 0.3) is 0 Å². The van der Waals surface area contributed by atoms with Gasteiger partial charge in [0.15, 0.2) is 5.96 Å². The molecule has 0 saturated carbocycles. The summed E-state index contributed by atoms with van der Waals surface area (Å²) < 4.78 is 10.6. The molecule has 1 aromatic heterocycles. The highest BCUT2D eigenvalue weighted by Gasteiger charge is 2.19. The molecule has 1 aromatic carbocycles. The van der Waals surface area contributed by atoms with Gasteiger partial charge in [0.2, 0.25) is 0 Å². The number of rotatable bonds is 7. The van der Waals surface area contributed by atoms with Crippen molar-refractivity contribution in [1.82, 2.24) is 10.6 Å². The number of hydrogen-bond acceptors (Lipinski definition) is 3. The van der Waals surface area contributed by atoms with Crippen LogP contribution in [-0.2, 0) is 24.0 Å². The number of aryl methyl sites for hydroxylation is 1. The van der Waals surface area contributed by atoms with Gasteiger partial charge in [0, 0.05) is 32.2 Å². The average Bonchev–Trinajstić information content (AvgIpc) is 3.15. The van der Waals surface area contributed by atoms with Crippen LogP contribution in [-0.4, -0.2) is 38.3 Å². The molecule has 2 unspecified atom stereocenters. The van der Waals surface area contributed by atoms with Gasteiger partial charge in [-0.3, -0.25) is 4.99 Å². The molecule has 5 nitrogen and oxygen atoms in total. The minimum Gasteiger partial charge on any atom is -0.469 e. The fourth-order valence-corrected chi connectivity index (χ4v) is 3.41. The Morgan fingerprint density at radius 3 is 2.81 bits per heavy atom. The molecule has 3 rings (SSSR count). The van der Waals surface area contributed by atoms with E-state index in [0.29, 0.717) is 19.2 Å². The molecular formula is C21H30IN3O2. The Labute approximate surface area is 179 Å². The van der Waals surface area contributed by atoms with Gasteiger partial charge in [0.05, 0.1) is 12.9 Å². The quantitative estimate of drug-likeness (QED) is 0.359. The lowest BCUT2D eigenvalue weighted by Crippen LogP contribution is -2.49. The van der Waals surface area contributed by atoms with Crippen LogP contribution in [0.4, 0.5) is 0 Å². The molecule has 0 bridgehead atoms. The van der Waals surface area contributed by atoms with Crippen LogP contribution >= 0.6 is 24.0 Å². The highest BCUT2D eigenvalue weighted by atomic mass is 127. The summed E-state index contributed by atoms with van der Waals surface area (Å²) in [4.78, 5) is 4.75. The molecule has 6 heteroatoms. The number of fused-ring (bicyclic) bond motifs is 1. The van der Waals surface area contributed by atoms with E-state index in [0.717, 1.165) is 37.4 Å². The van der Waals surface area contributed by atoms with Gasteiger partial charge in [-0.1, -0.05) is 24.3 Å². The van der Waals surface area contributed by atoms with E-state index in [2.05, 4.69) is 41.8 Å². The molecule has 0 radical (unpaired) electrons. The maximum Gasteiger partial charge on any atom is 0.191 e. The number of furan rings is 1. The molecule has 27 heavy (non-hydrogen) atoms. The molecule has 0 spiro atoms. The number of aliphatic imine (C=N–C) groups is 1. The van der Waals surface area contributed by atoms with E-state index < -0.39 is 0 Å². The van der Waals surface area contributed by atoms with Crippen molar-refractivity contribution in [3.8, 4) is 0 Å². The first kappa shape index (κ1) is 21.8. The summed E-state index contributed by atoms with van der Waals surface area (Å²) in [5.41, 5.74) is 2.92. The van der Waals surface area contributed by atoms with Gasteiger partial charge in [-0.2, -0.15) is 0 Å². The van der Waals surface area contributed by atoms with Gasteiger partial charge in [-0.25, -0.2) is 0 Å². The van der Waals surface area contributed by atoms with E-state index in [1.165, 1.54) is 11.1 Å². The molecule has 2 atom stereocenters. The zero-order chi connectivity index (χ0) is 18.2. The van der Waals surface area contributed by atoms with Gasteiger partial charge in [0.25, 0.3) is 0 Å². The van der Waals surface area contributed by atoms with Crippen LogP contribution in [0.15, 0.2) is 52.1 Å². The lowest BCUT2D eigenvalue weighted by molar-refractivity contribution is 0.178. The summed E-state index contributed by atoms with van der Waals surface area (Å²) in [6.45, 7) is 3.43. The van der Waals surface area contributed by atoms with Gasteiger partial charge in [-0.05, 0) is 49.4 Å². The number of halogens is 1. The average molecular weight is 483 g/mol. The van der Waals surface area contributed by atoms with Crippen molar-refractivity contribution >= 4 is 29.9 Å². The third-order valence-corrected chi connectivity index (χ3v) is 4.70. The molecule has 1 heterocycles. The first-order valence-electron chi connectivity index (χ1n) is 9.40. The van der Waals surface area contributed by atoms with Crippen LogP contribution in [0, 0.1) is 0 Å². The predicted molar refractivity (Wildman–Crippen MR) is 120 cm³/mol. The number of ether oxygens (including phenoxy) is 1. The number of benzene rings is 1. The molecule has 1 aliphatic rings. The number of hydrogen-bond donors (Lipinski definition) is 2. The van der Waals surface area contributed by atoms with E-state index in [1.54, 1.807) is 13.4 Å². The Kier molecular flexibility index (Phi) is 9.14. The van der Waals surface area contributed by atoms with Gasteiger partial charge >= 0.3 is 0 Å². The minimum atomic E-state index is 0. The van der Waals surface area contributed by atoms with Crippen molar-refractivity contribution in [3.63, 3.8) is 0 Å². The van der Waals surface area contributed by atoms with Crippen molar-refractivity contribution in [2.75, 3.05) is 20.3 Å². The van der Waals surface area contributed by atoms with Crippen molar-refractivity contribution in [1.29, 1.82) is 0 Å². The number of nitrogens with one attached hydrogen (secondary N) is 2. The Morgan fingerprint density at radius 2 is 2.07 bits per heavy atom. The molecule has 2 aromatic rings.